The van der Waals surface area contributed by atoms with Gasteiger partial charge in [-0.1, -0.05) is 48.5 Å². The molecule has 3 aromatic rings. The number of nitrogens with zero attached hydrogens (tertiary/aromatic N) is 1. The number of carbonyl (C=O) groups is 3. The maximum absolute atomic E-state index is 13.1. The van der Waals surface area contributed by atoms with Crippen LogP contribution in [0.2, 0.25) is 0 Å². The minimum Gasteiger partial charge on any atom is -0.488 e. The summed E-state index contributed by atoms with van der Waals surface area (Å²) in [5, 5.41) is 13.7. The van der Waals surface area contributed by atoms with Gasteiger partial charge in [-0.2, -0.15) is 0 Å². The van der Waals surface area contributed by atoms with E-state index in [1.807, 2.05) is 47.4 Å². The van der Waals surface area contributed by atoms with Crippen LogP contribution in [0.25, 0.3) is 16.8 Å². The fourth-order valence-electron chi connectivity index (χ4n) is 4.17. The van der Waals surface area contributed by atoms with Crippen LogP contribution in [0.4, 0.5) is 0 Å². The molecule has 0 aromatic heterocycles. The number of nitrogens with one attached hydrogen (secondary N) is 2. The van der Waals surface area contributed by atoms with Crippen molar-refractivity contribution in [3.05, 3.63) is 83.4 Å². The molecule has 1 heterocycles. The summed E-state index contributed by atoms with van der Waals surface area (Å²) in [6, 6.07) is 20.1. The van der Waals surface area contributed by atoms with Crippen LogP contribution in [0.5, 0.6) is 5.75 Å². The fraction of sp³-hybridized carbons (Fsp3) is 0.250. The molecule has 8 heteroatoms. The van der Waals surface area contributed by atoms with Crippen molar-refractivity contribution in [1.29, 1.82) is 0 Å². The molecular weight excluding hydrogens is 458 g/mol. The van der Waals surface area contributed by atoms with Gasteiger partial charge in [0.15, 0.2) is 0 Å². The zero-order chi connectivity index (χ0) is 25.3. The van der Waals surface area contributed by atoms with Gasteiger partial charge in [0, 0.05) is 37.0 Å². The molecular formula is C28H29N3O5. The normalized spacial score (nSPS) is 13.6. The van der Waals surface area contributed by atoms with Crippen molar-refractivity contribution in [3.8, 4) is 5.75 Å². The van der Waals surface area contributed by atoms with Crippen LogP contribution in [0.1, 0.15) is 35.2 Å². The van der Waals surface area contributed by atoms with Crippen LogP contribution in [-0.4, -0.2) is 54.1 Å². The van der Waals surface area contributed by atoms with Gasteiger partial charge in [-0.05, 0) is 48.1 Å². The number of hydrogen-bond acceptors (Lipinski definition) is 5. The Morgan fingerprint density at radius 3 is 2.56 bits per heavy atom. The van der Waals surface area contributed by atoms with Crippen LogP contribution in [0, 0.1) is 0 Å². The first-order valence-electron chi connectivity index (χ1n) is 12.0. The maximum atomic E-state index is 13.1. The number of rotatable bonds is 10. The van der Waals surface area contributed by atoms with Crippen LogP contribution in [0.3, 0.4) is 0 Å². The van der Waals surface area contributed by atoms with Crippen molar-refractivity contribution in [3.63, 3.8) is 0 Å². The third-order valence-electron chi connectivity index (χ3n) is 6.10. The molecule has 3 N–H and O–H groups in total. The Balaban J connectivity index is 1.47. The van der Waals surface area contributed by atoms with Crippen LogP contribution in [0.15, 0.2) is 72.3 Å². The van der Waals surface area contributed by atoms with Gasteiger partial charge in [-0.15, -0.1) is 0 Å². The second kappa shape index (κ2) is 12.0. The lowest BCUT2D eigenvalue weighted by Gasteiger charge is -2.16. The fourth-order valence-corrected chi connectivity index (χ4v) is 4.17. The molecule has 8 nitrogen and oxygen atoms in total. The van der Waals surface area contributed by atoms with Gasteiger partial charge in [0.25, 0.3) is 11.8 Å². The monoisotopic (exact) mass is 487 g/mol. The van der Waals surface area contributed by atoms with Crippen molar-refractivity contribution in [2.24, 2.45) is 0 Å². The van der Waals surface area contributed by atoms with Crippen LogP contribution in [-0.2, 0) is 9.59 Å². The van der Waals surface area contributed by atoms with E-state index in [9.17, 15) is 14.4 Å². The molecule has 0 spiro atoms. The average Bonchev–Trinajstić information content (AvgIpc) is 3.33. The number of fused-ring (bicyclic) bond motifs is 1. The van der Waals surface area contributed by atoms with Crippen molar-refractivity contribution in [1.82, 2.24) is 15.7 Å². The molecule has 36 heavy (non-hydrogen) atoms. The molecule has 1 saturated heterocycles. The largest absolute Gasteiger partial charge is 0.488 e. The average molecular weight is 488 g/mol. The van der Waals surface area contributed by atoms with E-state index in [0.717, 1.165) is 23.7 Å². The lowest BCUT2D eigenvalue weighted by Crippen LogP contribution is -2.32. The van der Waals surface area contributed by atoms with Crippen LogP contribution >= 0.6 is 0 Å². The summed E-state index contributed by atoms with van der Waals surface area (Å²) in [6.07, 6.45) is 3.87. The zero-order valence-electron chi connectivity index (χ0n) is 19.9. The highest BCUT2D eigenvalue weighted by Gasteiger charge is 2.19. The summed E-state index contributed by atoms with van der Waals surface area (Å²) in [6.45, 7) is 1.88. The number of ether oxygens (including phenoxy) is 1. The Kier molecular flexibility index (Phi) is 8.31. The predicted octanol–water partition coefficient (Wildman–Crippen LogP) is 3.55. The Labute approximate surface area is 209 Å². The Hall–Kier alpha value is -4.17. The summed E-state index contributed by atoms with van der Waals surface area (Å²) in [4.78, 5) is 38.3. The SMILES string of the molecule is O=C(NCCCN1CCCC1=O)/C(=C/c1ccc(C(=O)NO)cc1)COc1cccc2ccccc12. The maximum Gasteiger partial charge on any atom is 0.274 e. The molecule has 3 amide bonds. The quantitative estimate of drug-likeness (QED) is 0.175. The molecule has 0 aliphatic carbocycles. The highest BCUT2D eigenvalue weighted by atomic mass is 16.5. The molecule has 0 bridgehead atoms. The van der Waals surface area contributed by atoms with Crippen LogP contribution < -0.4 is 15.5 Å². The number of amides is 3. The molecule has 0 saturated carbocycles. The minimum atomic E-state index is -0.612. The second-order valence-electron chi connectivity index (χ2n) is 8.59. The molecule has 1 aliphatic heterocycles. The molecule has 4 rings (SSSR count). The highest BCUT2D eigenvalue weighted by molar-refractivity contribution is 5.98. The number of hydrogen-bond donors (Lipinski definition) is 3. The first-order chi connectivity index (χ1) is 17.5. The number of hydroxylamine groups is 1. The molecule has 0 atom stereocenters. The van der Waals surface area contributed by atoms with Crippen molar-refractivity contribution in [2.45, 2.75) is 19.3 Å². The van der Waals surface area contributed by atoms with E-state index in [1.54, 1.807) is 35.8 Å². The summed E-state index contributed by atoms with van der Waals surface area (Å²) in [5.74, 6) is -0.0301. The van der Waals surface area contributed by atoms with Gasteiger partial charge in [0.1, 0.15) is 12.4 Å². The highest BCUT2D eigenvalue weighted by Crippen LogP contribution is 2.25. The summed E-state index contributed by atoms with van der Waals surface area (Å²) in [5.41, 5.74) is 3.02. The zero-order valence-corrected chi connectivity index (χ0v) is 19.9. The molecule has 186 valence electrons. The molecule has 3 aromatic carbocycles. The lowest BCUT2D eigenvalue weighted by atomic mass is 10.1. The van der Waals surface area contributed by atoms with Crippen molar-refractivity contribution < 1.29 is 24.3 Å². The van der Waals surface area contributed by atoms with E-state index < -0.39 is 5.91 Å². The van der Waals surface area contributed by atoms with Gasteiger partial charge >= 0.3 is 0 Å². The smallest absolute Gasteiger partial charge is 0.274 e. The van der Waals surface area contributed by atoms with Gasteiger partial charge in [-0.25, -0.2) is 5.48 Å². The third-order valence-corrected chi connectivity index (χ3v) is 6.10. The first-order valence-corrected chi connectivity index (χ1v) is 12.0. The predicted molar refractivity (Wildman–Crippen MR) is 137 cm³/mol. The summed E-state index contributed by atoms with van der Waals surface area (Å²) >= 11 is 0. The Morgan fingerprint density at radius 2 is 1.81 bits per heavy atom. The van der Waals surface area contributed by atoms with E-state index >= 15 is 0 Å². The summed E-state index contributed by atoms with van der Waals surface area (Å²) in [7, 11) is 0. The topological polar surface area (TPSA) is 108 Å². The standard InChI is InChI=1S/C28H29N3O5/c32-26-10-4-16-31(26)17-5-15-29-27(33)23(18-20-11-13-22(14-12-20)28(34)30-35)19-36-25-9-3-7-21-6-1-2-8-24(21)25/h1-3,6-9,11-14,18,35H,4-5,10,15-17,19H2,(H,29,33)(H,30,34)/b23-18+. The molecule has 0 unspecified atom stereocenters. The van der Waals surface area contributed by atoms with Gasteiger partial charge < -0.3 is 15.0 Å². The van der Waals surface area contributed by atoms with E-state index in [0.29, 0.717) is 48.4 Å². The molecule has 0 radical (unpaired) electrons. The van der Waals surface area contributed by atoms with Crippen molar-refractivity contribution >= 4 is 34.6 Å². The van der Waals surface area contributed by atoms with Gasteiger partial charge in [-0.3, -0.25) is 19.6 Å². The number of carbonyl (C=O) groups excluding carboxylic acids is 3. The second-order valence-corrected chi connectivity index (χ2v) is 8.59. The number of benzene rings is 3. The Morgan fingerprint density at radius 1 is 1.03 bits per heavy atom. The first kappa shape index (κ1) is 24.9. The van der Waals surface area contributed by atoms with E-state index in [4.69, 9.17) is 9.94 Å². The minimum absolute atomic E-state index is 0.0450. The van der Waals surface area contributed by atoms with Crippen molar-refractivity contribution in [2.75, 3.05) is 26.2 Å². The lowest BCUT2D eigenvalue weighted by molar-refractivity contribution is -0.127. The number of likely N-dealkylation sites (tertiary alicyclic amines) is 1. The Bertz CT molecular complexity index is 1260. The van der Waals surface area contributed by atoms with Gasteiger partial charge in [0.05, 0.1) is 5.57 Å². The molecule has 1 fully saturated rings. The van der Waals surface area contributed by atoms with E-state index in [1.165, 1.54) is 0 Å². The summed E-state index contributed by atoms with van der Waals surface area (Å²) < 4.78 is 6.08. The van der Waals surface area contributed by atoms with E-state index in [-0.39, 0.29) is 18.4 Å². The van der Waals surface area contributed by atoms with Gasteiger partial charge in [0.2, 0.25) is 5.91 Å². The third kappa shape index (κ3) is 6.28. The van der Waals surface area contributed by atoms with E-state index in [2.05, 4.69) is 5.32 Å². The molecule has 1 aliphatic rings.